The molecule has 98 valence electrons. The molecule has 0 atom stereocenters. The van der Waals surface area contributed by atoms with E-state index in [1.165, 1.54) is 0 Å². The fraction of sp³-hybridized carbons (Fsp3) is 0.250. The van der Waals surface area contributed by atoms with Gasteiger partial charge in [-0.15, -0.1) is 5.10 Å². The first kappa shape index (κ1) is 12.2. The highest BCUT2D eigenvalue weighted by atomic mass is 79.9. The first-order chi connectivity index (χ1) is 9.33. The monoisotopic (exact) mass is 320 g/mol. The number of hydrogen-bond acceptors (Lipinski definition) is 4. The van der Waals surface area contributed by atoms with Crippen LogP contribution in [0.5, 0.6) is 0 Å². The third kappa shape index (κ3) is 2.76. The Labute approximate surface area is 118 Å². The van der Waals surface area contributed by atoms with Crippen LogP contribution in [0.4, 0.5) is 5.95 Å². The summed E-state index contributed by atoms with van der Waals surface area (Å²) in [6.07, 6.45) is 7.37. The summed E-state index contributed by atoms with van der Waals surface area (Å²) in [5.41, 5.74) is 0.816. The van der Waals surface area contributed by atoms with Crippen LogP contribution in [-0.2, 0) is 6.42 Å². The van der Waals surface area contributed by atoms with E-state index in [9.17, 15) is 0 Å². The van der Waals surface area contributed by atoms with Gasteiger partial charge in [-0.1, -0.05) is 0 Å². The van der Waals surface area contributed by atoms with E-state index in [0.717, 1.165) is 35.3 Å². The normalized spacial score (nSPS) is 11.0. The quantitative estimate of drug-likeness (QED) is 0.707. The van der Waals surface area contributed by atoms with Crippen LogP contribution in [0.3, 0.4) is 0 Å². The molecular formula is C12H13BrN6. The van der Waals surface area contributed by atoms with Gasteiger partial charge in [0.2, 0.25) is 5.95 Å². The van der Waals surface area contributed by atoms with Gasteiger partial charge in [0, 0.05) is 31.6 Å². The predicted octanol–water partition coefficient (Wildman–Crippen LogP) is 2.26. The van der Waals surface area contributed by atoms with E-state index in [1.807, 2.05) is 24.5 Å². The van der Waals surface area contributed by atoms with Gasteiger partial charge >= 0.3 is 0 Å². The average Bonchev–Trinajstić information content (AvgIpc) is 3.04. The summed E-state index contributed by atoms with van der Waals surface area (Å²) >= 11 is 3.45. The van der Waals surface area contributed by atoms with Crippen molar-refractivity contribution in [1.29, 1.82) is 0 Å². The number of aromatic nitrogens is 5. The lowest BCUT2D eigenvalue weighted by Gasteiger charge is -1.99. The van der Waals surface area contributed by atoms with Crippen molar-refractivity contribution in [2.75, 3.05) is 11.9 Å². The minimum Gasteiger partial charge on any atom is -0.353 e. The Morgan fingerprint density at radius 2 is 2.37 bits per heavy atom. The summed E-state index contributed by atoms with van der Waals surface area (Å²) in [5, 5.41) is 7.57. The molecule has 0 radical (unpaired) electrons. The minimum absolute atomic E-state index is 0.645. The van der Waals surface area contributed by atoms with E-state index < -0.39 is 0 Å². The van der Waals surface area contributed by atoms with Crippen LogP contribution in [0.1, 0.15) is 12.2 Å². The van der Waals surface area contributed by atoms with Crippen LogP contribution in [0.25, 0.3) is 5.65 Å². The molecule has 19 heavy (non-hydrogen) atoms. The van der Waals surface area contributed by atoms with Crippen molar-refractivity contribution in [2.45, 2.75) is 12.8 Å². The molecule has 3 aromatic heterocycles. The van der Waals surface area contributed by atoms with Crippen LogP contribution in [-0.4, -0.2) is 31.1 Å². The van der Waals surface area contributed by atoms with Crippen LogP contribution in [0.2, 0.25) is 0 Å². The van der Waals surface area contributed by atoms with Gasteiger partial charge in [-0.2, -0.15) is 4.98 Å². The van der Waals surface area contributed by atoms with Crippen molar-refractivity contribution in [2.24, 2.45) is 0 Å². The van der Waals surface area contributed by atoms with Crippen LogP contribution < -0.4 is 5.32 Å². The fourth-order valence-corrected chi connectivity index (χ4v) is 2.26. The molecule has 7 heteroatoms. The molecule has 0 amide bonds. The zero-order valence-electron chi connectivity index (χ0n) is 10.2. The van der Waals surface area contributed by atoms with Crippen LogP contribution in [0.15, 0.2) is 35.2 Å². The smallest absolute Gasteiger partial charge is 0.243 e. The van der Waals surface area contributed by atoms with Gasteiger partial charge in [-0.25, -0.2) is 9.50 Å². The highest BCUT2D eigenvalue weighted by molar-refractivity contribution is 9.10. The molecule has 2 N–H and O–H groups in total. The molecule has 0 aliphatic rings. The maximum absolute atomic E-state index is 4.42. The highest BCUT2D eigenvalue weighted by Gasteiger charge is 2.05. The summed E-state index contributed by atoms with van der Waals surface area (Å²) < 4.78 is 2.69. The van der Waals surface area contributed by atoms with Gasteiger partial charge in [0.1, 0.15) is 5.82 Å². The molecule has 3 aromatic rings. The number of halogens is 1. The third-order valence-corrected chi connectivity index (χ3v) is 3.36. The number of aromatic amines is 1. The zero-order chi connectivity index (χ0) is 13.1. The molecule has 0 aliphatic carbocycles. The number of nitrogens with one attached hydrogen (secondary N) is 2. The van der Waals surface area contributed by atoms with E-state index in [-0.39, 0.29) is 0 Å². The van der Waals surface area contributed by atoms with Gasteiger partial charge in [-0.05, 0) is 34.5 Å². The molecule has 0 spiro atoms. The second kappa shape index (κ2) is 5.40. The first-order valence-corrected chi connectivity index (χ1v) is 6.85. The van der Waals surface area contributed by atoms with Crippen LogP contribution >= 0.6 is 15.9 Å². The van der Waals surface area contributed by atoms with Crippen molar-refractivity contribution >= 4 is 27.5 Å². The van der Waals surface area contributed by atoms with Crippen molar-refractivity contribution in [3.05, 3.63) is 41.0 Å². The third-order valence-electron chi connectivity index (χ3n) is 2.74. The highest BCUT2D eigenvalue weighted by Crippen LogP contribution is 2.16. The molecule has 6 nitrogen and oxygen atoms in total. The first-order valence-electron chi connectivity index (χ1n) is 6.06. The summed E-state index contributed by atoms with van der Waals surface area (Å²) in [6.45, 7) is 0.815. The average molecular weight is 321 g/mol. The van der Waals surface area contributed by atoms with E-state index in [2.05, 4.69) is 41.3 Å². The van der Waals surface area contributed by atoms with Gasteiger partial charge in [-0.3, -0.25) is 0 Å². The molecule has 0 saturated heterocycles. The topological polar surface area (TPSA) is 70.9 Å². The van der Waals surface area contributed by atoms with E-state index in [1.54, 1.807) is 10.7 Å². The molecule has 3 rings (SSSR count). The van der Waals surface area contributed by atoms with Crippen molar-refractivity contribution < 1.29 is 0 Å². The Balaban J connectivity index is 1.58. The minimum atomic E-state index is 0.645. The molecule has 3 heterocycles. The summed E-state index contributed by atoms with van der Waals surface area (Å²) in [4.78, 5) is 11.7. The van der Waals surface area contributed by atoms with Crippen molar-refractivity contribution in [3.8, 4) is 0 Å². The molecular weight excluding hydrogens is 308 g/mol. The zero-order valence-corrected chi connectivity index (χ0v) is 11.8. The van der Waals surface area contributed by atoms with Crippen LogP contribution in [0, 0.1) is 0 Å². The number of nitrogens with zero attached hydrogens (tertiary/aromatic N) is 4. The molecule has 0 aliphatic heterocycles. The van der Waals surface area contributed by atoms with Gasteiger partial charge in [0.25, 0.3) is 0 Å². The molecule has 0 fully saturated rings. The summed E-state index contributed by atoms with van der Waals surface area (Å²) in [7, 11) is 0. The Bertz CT molecular complexity index is 660. The standard InChI is InChI=1S/C12H13BrN6/c13-9-3-2-8-19-11(9)17-12(18-19)16-5-1-4-10-14-6-7-15-10/h2-3,6-8H,1,4-5H2,(H,14,15)(H,16,18). The molecule has 0 saturated carbocycles. The maximum Gasteiger partial charge on any atom is 0.243 e. The van der Waals surface area contributed by atoms with E-state index in [0.29, 0.717) is 5.95 Å². The maximum atomic E-state index is 4.42. The van der Waals surface area contributed by atoms with E-state index in [4.69, 9.17) is 0 Å². The molecule has 0 bridgehead atoms. The van der Waals surface area contributed by atoms with Gasteiger partial charge in [0.15, 0.2) is 5.65 Å². The number of anilines is 1. The number of rotatable bonds is 5. The SMILES string of the molecule is Brc1cccn2nc(NCCCc3ncc[nH]3)nc12. The number of fused-ring (bicyclic) bond motifs is 1. The molecule has 0 unspecified atom stereocenters. The van der Waals surface area contributed by atoms with E-state index >= 15 is 0 Å². The summed E-state index contributed by atoms with van der Waals surface area (Å²) in [6, 6.07) is 3.87. The number of hydrogen-bond donors (Lipinski definition) is 2. The summed E-state index contributed by atoms with van der Waals surface area (Å²) in [5.74, 6) is 1.65. The number of pyridine rings is 1. The number of imidazole rings is 1. The lowest BCUT2D eigenvalue weighted by molar-refractivity contribution is 0.809. The Kier molecular flexibility index (Phi) is 3.45. The second-order valence-electron chi connectivity index (χ2n) is 4.13. The fourth-order valence-electron chi connectivity index (χ4n) is 1.84. The predicted molar refractivity (Wildman–Crippen MR) is 76.1 cm³/mol. The Hall–Kier alpha value is -1.89. The Morgan fingerprint density at radius 3 is 3.16 bits per heavy atom. The second-order valence-corrected chi connectivity index (χ2v) is 4.98. The Morgan fingerprint density at radius 1 is 1.42 bits per heavy atom. The number of H-pyrrole nitrogens is 1. The van der Waals surface area contributed by atoms with Crippen molar-refractivity contribution in [3.63, 3.8) is 0 Å². The lowest BCUT2D eigenvalue weighted by atomic mass is 10.3. The lowest BCUT2D eigenvalue weighted by Crippen LogP contribution is -2.05. The van der Waals surface area contributed by atoms with Crippen molar-refractivity contribution in [1.82, 2.24) is 24.6 Å². The van der Waals surface area contributed by atoms with Gasteiger partial charge in [0.05, 0.1) is 4.47 Å². The largest absolute Gasteiger partial charge is 0.353 e. The number of aryl methyl sites for hydroxylation is 1. The molecule has 0 aromatic carbocycles. The van der Waals surface area contributed by atoms with Gasteiger partial charge < -0.3 is 10.3 Å².